The fraction of sp³-hybridized carbons (Fsp3) is 0.333. The van der Waals surface area contributed by atoms with Gasteiger partial charge in [0.1, 0.15) is 11.6 Å². The van der Waals surface area contributed by atoms with Gasteiger partial charge in [0.25, 0.3) is 0 Å². The van der Waals surface area contributed by atoms with E-state index < -0.39 is 0 Å². The van der Waals surface area contributed by atoms with E-state index in [1.54, 1.807) is 18.3 Å². The molecule has 5 rings (SSSR count). The van der Waals surface area contributed by atoms with E-state index in [0.717, 1.165) is 51.3 Å². The number of piperidine rings is 1. The molecule has 3 aromatic rings. The molecule has 2 aliphatic heterocycles. The normalized spacial score (nSPS) is 16.4. The van der Waals surface area contributed by atoms with Gasteiger partial charge in [-0.3, -0.25) is 10.2 Å². The lowest BCUT2D eigenvalue weighted by Gasteiger charge is -2.32. The summed E-state index contributed by atoms with van der Waals surface area (Å²) >= 11 is 6.13. The molecule has 8 heteroatoms. The van der Waals surface area contributed by atoms with Crippen molar-refractivity contribution < 1.29 is 9.53 Å². The van der Waals surface area contributed by atoms with Crippen LogP contribution in [0.25, 0.3) is 0 Å². The summed E-state index contributed by atoms with van der Waals surface area (Å²) < 4.78 is 7.54. The number of carbonyl (C=O) groups excluding carboxylic acids is 1. The molecule has 2 N–H and O–H groups in total. The second-order valence-corrected chi connectivity index (χ2v) is 8.68. The molecule has 0 saturated carbocycles. The van der Waals surface area contributed by atoms with Crippen molar-refractivity contribution in [3.8, 4) is 5.75 Å². The summed E-state index contributed by atoms with van der Waals surface area (Å²) in [6.07, 6.45) is 4.70. The first-order chi connectivity index (χ1) is 15.7. The minimum absolute atomic E-state index is 0.255. The quantitative estimate of drug-likeness (QED) is 0.575. The van der Waals surface area contributed by atoms with Crippen molar-refractivity contribution >= 4 is 29.1 Å². The number of halogens is 1. The van der Waals surface area contributed by atoms with E-state index in [0.29, 0.717) is 16.5 Å². The fourth-order valence-electron chi connectivity index (χ4n) is 4.46. The van der Waals surface area contributed by atoms with Gasteiger partial charge in [0.2, 0.25) is 0 Å². The predicted molar refractivity (Wildman–Crippen MR) is 126 cm³/mol. The number of amides is 2. The Kier molecular flexibility index (Phi) is 6.01. The zero-order valence-electron chi connectivity index (χ0n) is 17.8. The maximum atomic E-state index is 12.5. The molecule has 1 aromatic heterocycles. The summed E-state index contributed by atoms with van der Waals surface area (Å²) in [5.41, 5.74) is 3.23. The van der Waals surface area contributed by atoms with Crippen molar-refractivity contribution in [3.63, 3.8) is 0 Å². The lowest BCUT2D eigenvalue weighted by atomic mass is 10.0. The minimum Gasteiger partial charge on any atom is -0.493 e. The van der Waals surface area contributed by atoms with Crippen molar-refractivity contribution in [3.05, 3.63) is 70.9 Å². The molecule has 0 radical (unpaired) electrons. The van der Waals surface area contributed by atoms with Crippen molar-refractivity contribution in [2.75, 3.05) is 30.3 Å². The molecule has 0 spiro atoms. The Labute approximate surface area is 192 Å². The number of hydrogen-bond acceptors (Lipinski definition) is 4. The molecule has 1 fully saturated rings. The molecule has 2 amide bonds. The molecule has 1 saturated heterocycles. The molecule has 2 aliphatic rings. The van der Waals surface area contributed by atoms with Gasteiger partial charge in [0.05, 0.1) is 29.6 Å². The highest BCUT2D eigenvalue weighted by Gasteiger charge is 2.24. The van der Waals surface area contributed by atoms with Crippen molar-refractivity contribution in [1.82, 2.24) is 14.7 Å². The second kappa shape index (κ2) is 9.22. The summed E-state index contributed by atoms with van der Waals surface area (Å²) in [6.45, 7) is 3.72. The maximum absolute atomic E-state index is 12.5. The minimum atomic E-state index is -0.335. The Morgan fingerprint density at radius 1 is 1.12 bits per heavy atom. The van der Waals surface area contributed by atoms with E-state index in [-0.39, 0.29) is 12.1 Å². The zero-order valence-corrected chi connectivity index (χ0v) is 18.5. The van der Waals surface area contributed by atoms with Crippen LogP contribution in [0.4, 0.5) is 16.3 Å². The highest BCUT2D eigenvalue weighted by atomic mass is 35.5. The molecule has 0 aliphatic carbocycles. The van der Waals surface area contributed by atoms with Gasteiger partial charge >= 0.3 is 6.03 Å². The monoisotopic (exact) mass is 451 g/mol. The van der Waals surface area contributed by atoms with Gasteiger partial charge < -0.3 is 10.1 Å². The zero-order chi connectivity index (χ0) is 21.9. The van der Waals surface area contributed by atoms with Crippen LogP contribution in [0.5, 0.6) is 5.75 Å². The fourth-order valence-corrected chi connectivity index (χ4v) is 4.64. The van der Waals surface area contributed by atoms with Gasteiger partial charge in [0, 0.05) is 32.1 Å². The van der Waals surface area contributed by atoms with Gasteiger partial charge in [-0.15, -0.1) is 0 Å². The van der Waals surface area contributed by atoms with Gasteiger partial charge in [-0.05, 0) is 42.2 Å². The van der Waals surface area contributed by atoms with Gasteiger partial charge in [0.15, 0.2) is 0 Å². The van der Waals surface area contributed by atoms with Crippen LogP contribution < -0.4 is 15.4 Å². The number of aromatic nitrogens is 2. The number of hydrogen-bond donors (Lipinski definition) is 2. The van der Waals surface area contributed by atoms with Gasteiger partial charge in [-0.25, -0.2) is 9.48 Å². The first-order valence-electron chi connectivity index (χ1n) is 11.0. The van der Waals surface area contributed by atoms with E-state index in [2.05, 4.69) is 38.8 Å². The van der Waals surface area contributed by atoms with Crippen LogP contribution in [0.2, 0.25) is 5.02 Å². The summed E-state index contributed by atoms with van der Waals surface area (Å²) in [5, 5.41) is 10.7. The molecule has 3 heterocycles. The molecule has 2 aromatic carbocycles. The molecule has 7 nitrogen and oxygen atoms in total. The standard InChI is InChI=1S/C24H26ClN5O2/c25-20-3-1-2-4-21(20)27-24(31)28-23-7-11-26-30(23)19-8-12-29(13-9-19)16-17-5-6-22-18(15-17)10-14-32-22/h1-7,11,15,19H,8-10,12-14,16H2,(H2,27,28,31). The SMILES string of the molecule is O=C(Nc1ccccc1Cl)Nc1ccnn1C1CCN(Cc2ccc3c(c2)CCO3)CC1. The molecule has 166 valence electrons. The van der Waals surface area contributed by atoms with Crippen molar-refractivity contribution in [2.45, 2.75) is 31.8 Å². The first-order valence-corrected chi connectivity index (χ1v) is 11.4. The predicted octanol–water partition coefficient (Wildman–Crippen LogP) is 4.95. The lowest BCUT2D eigenvalue weighted by molar-refractivity contribution is 0.174. The number of nitrogens with zero attached hydrogens (tertiary/aromatic N) is 3. The number of fused-ring (bicyclic) bond motifs is 1. The van der Waals surface area contributed by atoms with Gasteiger partial charge in [-0.2, -0.15) is 5.10 Å². The Hall–Kier alpha value is -3.03. The number of ether oxygens (including phenoxy) is 1. The average molecular weight is 452 g/mol. The third-order valence-electron chi connectivity index (χ3n) is 6.10. The maximum Gasteiger partial charge on any atom is 0.324 e. The summed E-state index contributed by atoms with van der Waals surface area (Å²) in [6, 6.07) is 15.5. The van der Waals surface area contributed by atoms with E-state index in [4.69, 9.17) is 16.3 Å². The van der Waals surface area contributed by atoms with Crippen LogP contribution in [-0.4, -0.2) is 40.4 Å². The molecule has 32 heavy (non-hydrogen) atoms. The molecule has 0 unspecified atom stereocenters. The number of carbonyl (C=O) groups is 1. The number of nitrogens with one attached hydrogen (secondary N) is 2. The number of likely N-dealkylation sites (tertiary alicyclic amines) is 1. The number of urea groups is 1. The molecule has 0 atom stereocenters. The highest BCUT2D eigenvalue weighted by molar-refractivity contribution is 6.33. The number of para-hydroxylation sites is 1. The number of rotatable bonds is 5. The Bertz CT molecular complexity index is 1110. The van der Waals surface area contributed by atoms with Crippen molar-refractivity contribution in [1.29, 1.82) is 0 Å². The van der Waals surface area contributed by atoms with E-state index >= 15 is 0 Å². The first kappa shape index (κ1) is 20.8. The Morgan fingerprint density at radius 3 is 2.81 bits per heavy atom. The highest BCUT2D eigenvalue weighted by Crippen LogP contribution is 2.29. The van der Waals surface area contributed by atoms with Crippen LogP contribution in [0, 0.1) is 0 Å². The summed E-state index contributed by atoms with van der Waals surface area (Å²) in [5.74, 6) is 1.72. The van der Waals surface area contributed by atoms with Crippen LogP contribution in [0.15, 0.2) is 54.7 Å². The van der Waals surface area contributed by atoms with Crippen LogP contribution in [-0.2, 0) is 13.0 Å². The van der Waals surface area contributed by atoms with Gasteiger partial charge in [-0.1, -0.05) is 35.9 Å². The molecular weight excluding hydrogens is 426 g/mol. The summed E-state index contributed by atoms with van der Waals surface area (Å²) in [4.78, 5) is 14.9. The molecule has 0 bridgehead atoms. The molecular formula is C24H26ClN5O2. The average Bonchev–Trinajstić information content (AvgIpc) is 3.45. The summed E-state index contributed by atoms with van der Waals surface area (Å²) in [7, 11) is 0. The smallest absolute Gasteiger partial charge is 0.324 e. The van der Waals surface area contributed by atoms with Crippen LogP contribution in [0.1, 0.15) is 30.0 Å². The lowest BCUT2D eigenvalue weighted by Crippen LogP contribution is -2.35. The number of benzene rings is 2. The van der Waals surface area contributed by atoms with Crippen LogP contribution >= 0.6 is 11.6 Å². The van der Waals surface area contributed by atoms with Crippen molar-refractivity contribution in [2.24, 2.45) is 0 Å². The van der Waals surface area contributed by atoms with E-state index in [1.165, 1.54) is 11.1 Å². The third kappa shape index (κ3) is 4.59. The van der Waals surface area contributed by atoms with E-state index in [1.807, 2.05) is 22.9 Å². The third-order valence-corrected chi connectivity index (χ3v) is 6.43. The van der Waals surface area contributed by atoms with E-state index in [9.17, 15) is 4.79 Å². The largest absolute Gasteiger partial charge is 0.493 e. The number of anilines is 2. The topological polar surface area (TPSA) is 71.4 Å². The Balaban J connectivity index is 1.16. The Morgan fingerprint density at radius 2 is 1.97 bits per heavy atom. The van der Waals surface area contributed by atoms with Crippen LogP contribution in [0.3, 0.4) is 0 Å². The second-order valence-electron chi connectivity index (χ2n) is 8.27.